The van der Waals surface area contributed by atoms with E-state index in [2.05, 4.69) is 15.1 Å². The number of benzene rings is 1. The predicted octanol–water partition coefficient (Wildman–Crippen LogP) is 2.26. The first-order valence-electron chi connectivity index (χ1n) is 8.16. The Labute approximate surface area is 127 Å². The van der Waals surface area contributed by atoms with Crippen LogP contribution < -0.4 is 5.32 Å². The summed E-state index contributed by atoms with van der Waals surface area (Å²) in [5.74, 6) is -0.105. The van der Waals surface area contributed by atoms with Crippen LogP contribution in [0.3, 0.4) is 0 Å². The summed E-state index contributed by atoms with van der Waals surface area (Å²) in [6, 6.07) is 7.90. The second-order valence-electron chi connectivity index (χ2n) is 6.31. The van der Waals surface area contributed by atoms with Gasteiger partial charge in [-0.2, -0.15) is 0 Å². The molecule has 2 fully saturated rings. The molecule has 0 amide bonds. The summed E-state index contributed by atoms with van der Waals surface area (Å²) in [7, 11) is 1.92. The van der Waals surface area contributed by atoms with E-state index >= 15 is 0 Å². The Morgan fingerprint density at radius 1 is 1.24 bits per heavy atom. The molecule has 1 aromatic rings. The lowest BCUT2D eigenvalue weighted by molar-refractivity contribution is 0.224. The van der Waals surface area contributed by atoms with Gasteiger partial charge in [-0.05, 0) is 52.0 Å². The lowest BCUT2D eigenvalue weighted by atomic mass is 10.1. The second kappa shape index (κ2) is 6.86. The Kier molecular flexibility index (Phi) is 4.88. The van der Waals surface area contributed by atoms with Crippen molar-refractivity contribution in [2.24, 2.45) is 0 Å². The van der Waals surface area contributed by atoms with E-state index in [1.807, 2.05) is 19.2 Å². The van der Waals surface area contributed by atoms with Crippen LogP contribution in [0.4, 0.5) is 4.39 Å². The van der Waals surface area contributed by atoms with Crippen molar-refractivity contribution in [3.05, 3.63) is 35.6 Å². The van der Waals surface area contributed by atoms with Gasteiger partial charge < -0.3 is 5.32 Å². The summed E-state index contributed by atoms with van der Waals surface area (Å²) in [5.41, 5.74) is 0.782. The normalized spacial score (nSPS) is 25.5. The van der Waals surface area contributed by atoms with Gasteiger partial charge in [0.2, 0.25) is 0 Å². The predicted molar refractivity (Wildman–Crippen MR) is 83.9 cm³/mol. The third-order valence-corrected chi connectivity index (χ3v) is 4.97. The van der Waals surface area contributed by atoms with Gasteiger partial charge in [-0.15, -0.1) is 0 Å². The molecule has 0 aliphatic carbocycles. The Morgan fingerprint density at radius 2 is 2.00 bits per heavy atom. The summed E-state index contributed by atoms with van der Waals surface area (Å²) in [6.07, 6.45) is 3.96. The molecule has 2 unspecified atom stereocenters. The van der Waals surface area contributed by atoms with Crippen LogP contribution in [0.15, 0.2) is 24.3 Å². The van der Waals surface area contributed by atoms with Gasteiger partial charge in [-0.25, -0.2) is 4.39 Å². The summed E-state index contributed by atoms with van der Waals surface area (Å²) >= 11 is 0. The average Bonchev–Trinajstić information content (AvgIpc) is 3.16. The van der Waals surface area contributed by atoms with Gasteiger partial charge in [-0.3, -0.25) is 9.80 Å². The summed E-state index contributed by atoms with van der Waals surface area (Å²) in [6.45, 7) is 5.69. The number of likely N-dealkylation sites (N-methyl/N-ethyl adjacent to an activating group) is 1. The average molecular weight is 291 g/mol. The summed E-state index contributed by atoms with van der Waals surface area (Å²) in [4.78, 5) is 5.12. The first-order chi connectivity index (χ1) is 10.3. The lowest BCUT2D eigenvalue weighted by Gasteiger charge is -2.26. The zero-order valence-corrected chi connectivity index (χ0v) is 12.9. The zero-order chi connectivity index (χ0) is 14.7. The maximum atomic E-state index is 14.0. The number of rotatable bonds is 5. The monoisotopic (exact) mass is 291 g/mol. The highest BCUT2D eigenvalue weighted by Crippen LogP contribution is 2.23. The maximum absolute atomic E-state index is 14.0. The molecular weight excluding hydrogens is 265 g/mol. The van der Waals surface area contributed by atoms with Crippen LogP contribution in [0.5, 0.6) is 0 Å². The van der Waals surface area contributed by atoms with Crippen LogP contribution in [-0.4, -0.2) is 55.6 Å². The minimum atomic E-state index is -0.105. The molecule has 1 N–H and O–H groups in total. The second-order valence-corrected chi connectivity index (χ2v) is 6.31. The zero-order valence-electron chi connectivity index (χ0n) is 12.9. The smallest absolute Gasteiger partial charge is 0.128 e. The Hall–Kier alpha value is -0.970. The SMILES string of the molecule is CNC(CN1CCC(N2CCCC2)C1)c1ccccc1F. The molecule has 2 saturated heterocycles. The Bertz CT molecular complexity index is 459. The van der Waals surface area contributed by atoms with Crippen LogP contribution in [0.25, 0.3) is 0 Å². The minimum absolute atomic E-state index is 0.0727. The van der Waals surface area contributed by atoms with Gasteiger partial charge in [0.1, 0.15) is 5.82 Å². The van der Waals surface area contributed by atoms with E-state index in [-0.39, 0.29) is 11.9 Å². The fraction of sp³-hybridized carbons (Fsp3) is 0.647. The molecule has 2 aliphatic heterocycles. The van der Waals surface area contributed by atoms with Crippen LogP contribution in [0, 0.1) is 5.82 Å². The van der Waals surface area contributed by atoms with Crippen LogP contribution >= 0.6 is 0 Å². The molecule has 4 heteroatoms. The third kappa shape index (κ3) is 3.44. The number of hydrogen-bond donors (Lipinski definition) is 1. The van der Waals surface area contributed by atoms with E-state index in [1.165, 1.54) is 32.4 Å². The molecule has 0 saturated carbocycles. The van der Waals surface area contributed by atoms with Gasteiger partial charge in [0.05, 0.1) is 0 Å². The van der Waals surface area contributed by atoms with Crippen molar-refractivity contribution >= 4 is 0 Å². The molecule has 3 rings (SSSR count). The fourth-order valence-electron chi connectivity index (χ4n) is 3.74. The number of likely N-dealkylation sites (tertiary alicyclic amines) is 2. The van der Waals surface area contributed by atoms with E-state index in [1.54, 1.807) is 12.1 Å². The Balaban J connectivity index is 1.59. The van der Waals surface area contributed by atoms with Crippen LogP contribution in [0.1, 0.15) is 30.9 Å². The van der Waals surface area contributed by atoms with Crippen molar-refractivity contribution in [2.75, 3.05) is 39.8 Å². The molecule has 21 heavy (non-hydrogen) atoms. The summed E-state index contributed by atoms with van der Waals surface area (Å²) in [5, 5.41) is 3.28. The molecule has 2 aliphatic rings. The number of halogens is 1. The van der Waals surface area contributed by atoms with Crippen molar-refractivity contribution in [3.8, 4) is 0 Å². The van der Waals surface area contributed by atoms with E-state index in [4.69, 9.17) is 0 Å². The fourth-order valence-corrected chi connectivity index (χ4v) is 3.74. The van der Waals surface area contributed by atoms with E-state index < -0.39 is 0 Å². The van der Waals surface area contributed by atoms with Gasteiger partial charge in [0.15, 0.2) is 0 Å². The van der Waals surface area contributed by atoms with Crippen molar-refractivity contribution in [3.63, 3.8) is 0 Å². The van der Waals surface area contributed by atoms with Gasteiger partial charge in [-0.1, -0.05) is 18.2 Å². The molecule has 2 atom stereocenters. The topological polar surface area (TPSA) is 18.5 Å². The molecule has 1 aromatic carbocycles. The van der Waals surface area contributed by atoms with E-state index in [9.17, 15) is 4.39 Å². The molecular formula is C17H26FN3. The van der Waals surface area contributed by atoms with Gasteiger partial charge in [0, 0.05) is 30.7 Å². The number of hydrogen-bond acceptors (Lipinski definition) is 3. The number of nitrogens with one attached hydrogen (secondary N) is 1. The van der Waals surface area contributed by atoms with Crippen molar-refractivity contribution in [1.82, 2.24) is 15.1 Å². The highest BCUT2D eigenvalue weighted by molar-refractivity contribution is 5.21. The molecule has 116 valence electrons. The van der Waals surface area contributed by atoms with Gasteiger partial charge in [0.25, 0.3) is 0 Å². The maximum Gasteiger partial charge on any atom is 0.128 e. The van der Waals surface area contributed by atoms with Crippen LogP contribution in [0.2, 0.25) is 0 Å². The molecule has 0 aromatic heterocycles. The van der Waals surface area contributed by atoms with E-state index in [0.717, 1.165) is 25.2 Å². The van der Waals surface area contributed by atoms with Crippen molar-refractivity contribution in [2.45, 2.75) is 31.3 Å². The molecule has 0 spiro atoms. The van der Waals surface area contributed by atoms with Crippen molar-refractivity contribution in [1.29, 1.82) is 0 Å². The van der Waals surface area contributed by atoms with Crippen molar-refractivity contribution < 1.29 is 4.39 Å². The van der Waals surface area contributed by atoms with E-state index in [0.29, 0.717) is 6.04 Å². The highest BCUT2D eigenvalue weighted by Gasteiger charge is 2.30. The standard InChI is InChI=1S/C17H26FN3/c1-19-17(15-6-2-3-7-16(15)18)13-20-11-8-14(12-20)21-9-4-5-10-21/h2-3,6-7,14,17,19H,4-5,8-13H2,1H3. The minimum Gasteiger partial charge on any atom is -0.312 e. The molecule has 3 nitrogen and oxygen atoms in total. The summed E-state index contributed by atoms with van der Waals surface area (Å²) < 4.78 is 14.0. The molecule has 0 bridgehead atoms. The number of nitrogens with zero attached hydrogens (tertiary/aromatic N) is 2. The third-order valence-electron chi connectivity index (χ3n) is 4.97. The quantitative estimate of drug-likeness (QED) is 0.898. The first-order valence-corrected chi connectivity index (χ1v) is 8.16. The van der Waals surface area contributed by atoms with Gasteiger partial charge >= 0.3 is 0 Å². The van der Waals surface area contributed by atoms with Crippen LogP contribution in [-0.2, 0) is 0 Å². The Morgan fingerprint density at radius 3 is 2.71 bits per heavy atom. The highest BCUT2D eigenvalue weighted by atomic mass is 19.1. The molecule has 0 radical (unpaired) electrons. The largest absolute Gasteiger partial charge is 0.312 e. The lowest BCUT2D eigenvalue weighted by Crippen LogP contribution is -2.38. The first kappa shape index (κ1) is 14.9. The molecule has 2 heterocycles.